The Morgan fingerprint density at radius 2 is 1.77 bits per heavy atom. The molecule has 1 N–H and O–H groups in total. The zero-order valence-electron chi connectivity index (χ0n) is 17.4. The largest absolute Gasteiger partial charge is 0.349 e. The van der Waals surface area contributed by atoms with Gasteiger partial charge in [0.2, 0.25) is 0 Å². The smallest absolute Gasteiger partial charge is 0.255 e. The van der Waals surface area contributed by atoms with Gasteiger partial charge in [-0.15, -0.1) is 0 Å². The number of aryl methyl sites for hydroxylation is 1. The van der Waals surface area contributed by atoms with Gasteiger partial charge in [-0.25, -0.2) is 9.97 Å². The van der Waals surface area contributed by atoms with E-state index in [9.17, 15) is 4.79 Å². The van der Waals surface area contributed by atoms with Gasteiger partial charge in [-0.2, -0.15) is 5.10 Å². The fourth-order valence-electron chi connectivity index (χ4n) is 4.01. The number of hydrogen-bond acceptors (Lipinski definition) is 5. The number of carbonyl (C=O) groups is 1. The van der Waals surface area contributed by atoms with E-state index in [0.29, 0.717) is 17.4 Å². The maximum atomic E-state index is 13.0. The van der Waals surface area contributed by atoms with Crippen LogP contribution in [0.4, 0.5) is 0 Å². The van der Waals surface area contributed by atoms with E-state index in [1.807, 2.05) is 42.8 Å². The van der Waals surface area contributed by atoms with Crippen LogP contribution in [0.2, 0.25) is 0 Å². The molecule has 3 aromatic rings. The van der Waals surface area contributed by atoms with Gasteiger partial charge in [-0.3, -0.25) is 9.48 Å². The summed E-state index contributed by atoms with van der Waals surface area (Å²) in [6.07, 6.45) is 7.63. The molecule has 1 amide bonds. The van der Waals surface area contributed by atoms with Crippen LogP contribution in [-0.2, 0) is 6.54 Å². The molecule has 30 heavy (non-hydrogen) atoms. The molecule has 0 aliphatic heterocycles. The maximum Gasteiger partial charge on any atom is 0.255 e. The summed E-state index contributed by atoms with van der Waals surface area (Å²) in [5, 5.41) is 9.21. The van der Waals surface area contributed by atoms with E-state index in [1.54, 1.807) is 24.2 Å². The predicted octanol–water partition coefficient (Wildman–Crippen LogP) is 4.17. The predicted molar refractivity (Wildman–Crippen MR) is 119 cm³/mol. The Morgan fingerprint density at radius 3 is 2.47 bits per heavy atom. The highest BCUT2D eigenvalue weighted by atomic mass is 32.2. The van der Waals surface area contributed by atoms with Gasteiger partial charge in [0.1, 0.15) is 0 Å². The number of hydrogen-bond donors (Lipinski definition) is 1. The molecule has 0 spiro atoms. The van der Waals surface area contributed by atoms with Crippen LogP contribution in [0.15, 0.2) is 53.9 Å². The molecule has 1 fully saturated rings. The minimum absolute atomic E-state index is 0.00759. The van der Waals surface area contributed by atoms with Crippen LogP contribution >= 0.6 is 11.8 Å². The molecule has 2 aromatic heterocycles. The number of nitrogens with one attached hydrogen (secondary N) is 1. The van der Waals surface area contributed by atoms with Crippen molar-refractivity contribution in [3.63, 3.8) is 0 Å². The lowest BCUT2D eigenvalue weighted by Crippen LogP contribution is -2.38. The van der Waals surface area contributed by atoms with E-state index in [4.69, 9.17) is 0 Å². The zero-order chi connectivity index (χ0) is 20.9. The van der Waals surface area contributed by atoms with E-state index in [2.05, 4.69) is 32.5 Å². The SMILES string of the molecule is Cc1nn(Cc2ccccc2)c(C)c1C(=O)NC1CCC(Sc2ncccn2)CC1. The highest BCUT2D eigenvalue weighted by molar-refractivity contribution is 7.99. The normalized spacial score (nSPS) is 18.9. The summed E-state index contributed by atoms with van der Waals surface area (Å²) >= 11 is 1.74. The van der Waals surface area contributed by atoms with Gasteiger partial charge in [-0.1, -0.05) is 42.1 Å². The molecule has 6 nitrogen and oxygen atoms in total. The van der Waals surface area contributed by atoms with Gasteiger partial charge >= 0.3 is 0 Å². The Balaban J connectivity index is 1.34. The number of thioether (sulfide) groups is 1. The lowest BCUT2D eigenvalue weighted by atomic mass is 9.94. The van der Waals surface area contributed by atoms with Crippen LogP contribution in [0.25, 0.3) is 0 Å². The van der Waals surface area contributed by atoms with Crippen molar-refractivity contribution in [3.8, 4) is 0 Å². The fourth-order valence-corrected chi connectivity index (χ4v) is 5.06. The highest BCUT2D eigenvalue weighted by Crippen LogP contribution is 2.32. The molecule has 1 aliphatic carbocycles. The second kappa shape index (κ2) is 9.43. The third kappa shape index (κ3) is 4.90. The molecule has 1 aliphatic rings. The van der Waals surface area contributed by atoms with Crippen LogP contribution < -0.4 is 5.32 Å². The van der Waals surface area contributed by atoms with Crippen molar-refractivity contribution in [2.75, 3.05) is 0 Å². The fraction of sp³-hybridized carbons (Fsp3) is 0.391. The minimum atomic E-state index is -0.00759. The second-order valence-electron chi connectivity index (χ2n) is 7.79. The summed E-state index contributed by atoms with van der Waals surface area (Å²) < 4.78 is 1.92. The number of carbonyl (C=O) groups excluding carboxylic acids is 1. The molecule has 0 unspecified atom stereocenters. The van der Waals surface area contributed by atoms with Gasteiger partial charge in [-0.05, 0) is 51.2 Å². The third-order valence-electron chi connectivity index (χ3n) is 5.61. The van der Waals surface area contributed by atoms with Crippen molar-refractivity contribution in [1.29, 1.82) is 0 Å². The first kappa shape index (κ1) is 20.6. The van der Waals surface area contributed by atoms with Gasteiger partial charge in [0.15, 0.2) is 5.16 Å². The highest BCUT2D eigenvalue weighted by Gasteiger charge is 2.26. The van der Waals surface area contributed by atoms with Gasteiger partial charge in [0.25, 0.3) is 5.91 Å². The molecule has 0 saturated heterocycles. The van der Waals surface area contributed by atoms with Crippen molar-refractivity contribution < 1.29 is 4.79 Å². The average molecular weight is 422 g/mol. The Kier molecular flexibility index (Phi) is 6.47. The van der Waals surface area contributed by atoms with Crippen molar-refractivity contribution >= 4 is 17.7 Å². The van der Waals surface area contributed by atoms with Crippen molar-refractivity contribution in [3.05, 3.63) is 71.3 Å². The standard InChI is InChI=1S/C23H27N5OS/c1-16-21(17(2)28(27-16)15-18-7-4-3-5-8-18)22(29)26-19-9-11-20(12-10-19)30-23-24-13-6-14-25-23/h3-8,13-14,19-20H,9-12,15H2,1-2H3,(H,26,29). The first-order valence-corrected chi connectivity index (χ1v) is 11.3. The van der Waals surface area contributed by atoms with E-state index >= 15 is 0 Å². The second-order valence-corrected chi connectivity index (χ2v) is 9.05. The summed E-state index contributed by atoms with van der Waals surface area (Å²) in [4.78, 5) is 21.6. The number of rotatable bonds is 6. The van der Waals surface area contributed by atoms with Crippen molar-refractivity contribution in [1.82, 2.24) is 25.1 Å². The van der Waals surface area contributed by atoms with Crippen molar-refractivity contribution in [2.45, 2.75) is 62.5 Å². The molecule has 2 heterocycles. The minimum Gasteiger partial charge on any atom is -0.349 e. The Labute approximate surface area is 181 Å². The lowest BCUT2D eigenvalue weighted by molar-refractivity contribution is 0.0926. The zero-order valence-corrected chi connectivity index (χ0v) is 18.2. The third-order valence-corrected chi connectivity index (χ3v) is 6.83. The first-order valence-electron chi connectivity index (χ1n) is 10.4. The Bertz CT molecular complexity index is 982. The van der Waals surface area contributed by atoms with Crippen LogP contribution in [0.1, 0.15) is 53.0 Å². The maximum absolute atomic E-state index is 13.0. The lowest BCUT2D eigenvalue weighted by Gasteiger charge is -2.28. The first-order chi connectivity index (χ1) is 14.6. The molecule has 156 valence electrons. The molecule has 0 radical (unpaired) electrons. The molecule has 0 atom stereocenters. The number of amides is 1. The van der Waals surface area contributed by atoms with E-state index in [0.717, 1.165) is 42.2 Å². The van der Waals surface area contributed by atoms with Crippen LogP contribution in [-0.4, -0.2) is 36.9 Å². The van der Waals surface area contributed by atoms with E-state index in [-0.39, 0.29) is 11.9 Å². The van der Waals surface area contributed by atoms with E-state index < -0.39 is 0 Å². The summed E-state index contributed by atoms with van der Waals surface area (Å²) in [6, 6.07) is 12.2. The summed E-state index contributed by atoms with van der Waals surface area (Å²) in [5.74, 6) is -0.00759. The Hall–Kier alpha value is -2.67. The molecule has 1 saturated carbocycles. The van der Waals surface area contributed by atoms with Crippen LogP contribution in [0.5, 0.6) is 0 Å². The molecule has 7 heteroatoms. The van der Waals surface area contributed by atoms with Crippen LogP contribution in [0, 0.1) is 13.8 Å². The van der Waals surface area contributed by atoms with Gasteiger partial charge in [0, 0.05) is 29.4 Å². The quantitative estimate of drug-likeness (QED) is 0.605. The number of nitrogens with zero attached hydrogens (tertiary/aromatic N) is 4. The topological polar surface area (TPSA) is 72.7 Å². The molecule has 1 aromatic carbocycles. The molecular weight excluding hydrogens is 394 g/mol. The van der Waals surface area contributed by atoms with E-state index in [1.165, 1.54) is 5.56 Å². The number of aromatic nitrogens is 4. The monoisotopic (exact) mass is 421 g/mol. The summed E-state index contributed by atoms with van der Waals surface area (Å²) in [6.45, 7) is 4.56. The Morgan fingerprint density at radius 1 is 1.07 bits per heavy atom. The van der Waals surface area contributed by atoms with Gasteiger partial charge in [0.05, 0.1) is 17.8 Å². The summed E-state index contributed by atoms with van der Waals surface area (Å²) in [5.41, 5.74) is 3.58. The molecular formula is C23H27N5OS. The molecule has 4 rings (SSSR count). The van der Waals surface area contributed by atoms with Crippen molar-refractivity contribution in [2.24, 2.45) is 0 Å². The molecule has 0 bridgehead atoms. The number of benzene rings is 1. The average Bonchev–Trinajstić information content (AvgIpc) is 3.04. The van der Waals surface area contributed by atoms with Crippen LogP contribution in [0.3, 0.4) is 0 Å². The summed E-state index contributed by atoms with van der Waals surface area (Å²) in [7, 11) is 0. The van der Waals surface area contributed by atoms with Gasteiger partial charge < -0.3 is 5.32 Å².